The van der Waals surface area contributed by atoms with Gasteiger partial charge in [0.2, 0.25) is 11.9 Å². The molecule has 1 N–H and O–H groups in total. The minimum Gasteiger partial charge on any atom is -0.465 e. The maximum Gasteiger partial charge on any atom is 0.422 e. The second-order valence-electron chi connectivity index (χ2n) is 5.71. The van der Waals surface area contributed by atoms with Crippen LogP contribution >= 0.6 is 0 Å². The van der Waals surface area contributed by atoms with E-state index < -0.39 is 12.8 Å². The van der Waals surface area contributed by atoms with Gasteiger partial charge in [-0.15, -0.1) is 0 Å². The van der Waals surface area contributed by atoms with Crippen molar-refractivity contribution in [2.45, 2.75) is 32.5 Å². The third kappa shape index (κ3) is 4.97. The summed E-state index contributed by atoms with van der Waals surface area (Å²) in [6.45, 7) is 2.17. The van der Waals surface area contributed by atoms with E-state index in [0.717, 1.165) is 31.7 Å². The number of halogens is 3. The first-order valence-electron chi connectivity index (χ1n) is 7.89. The van der Waals surface area contributed by atoms with Crippen molar-refractivity contribution in [2.24, 2.45) is 0 Å². The fourth-order valence-corrected chi connectivity index (χ4v) is 2.44. The van der Waals surface area contributed by atoms with E-state index in [9.17, 15) is 13.2 Å². The number of nitrogens with one attached hydrogen (secondary N) is 1. The van der Waals surface area contributed by atoms with E-state index in [4.69, 9.17) is 9.15 Å². The molecule has 10 heteroatoms. The Hall–Kier alpha value is -2.52. The Bertz CT molecular complexity index is 713. The van der Waals surface area contributed by atoms with Gasteiger partial charge in [0, 0.05) is 13.1 Å². The van der Waals surface area contributed by atoms with Crippen LogP contribution in [0.15, 0.2) is 16.5 Å². The highest BCUT2D eigenvalue weighted by Gasteiger charge is 2.29. The number of hydrogen-bond donors (Lipinski definition) is 1. The van der Waals surface area contributed by atoms with Gasteiger partial charge >= 0.3 is 12.2 Å². The second-order valence-corrected chi connectivity index (χ2v) is 5.71. The minimum atomic E-state index is -4.46. The molecule has 7 nitrogen and oxygen atoms in total. The van der Waals surface area contributed by atoms with E-state index in [0.29, 0.717) is 18.3 Å². The molecule has 1 saturated heterocycles. The summed E-state index contributed by atoms with van der Waals surface area (Å²) in [6, 6.07) is 3.26. The Morgan fingerprint density at radius 2 is 1.96 bits per heavy atom. The highest BCUT2D eigenvalue weighted by atomic mass is 19.4. The number of hydrogen-bond acceptors (Lipinski definition) is 7. The molecule has 0 amide bonds. The first-order valence-corrected chi connectivity index (χ1v) is 7.89. The second kappa shape index (κ2) is 7.16. The zero-order chi connectivity index (χ0) is 17.9. The van der Waals surface area contributed by atoms with Crippen LogP contribution in [0.2, 0.25) is 0 Å². The van der Waals surface area contributed by atoms with Crippen molar-refractivity contribution in [1.29, 1.82) is 0 Å². The molecule has 0 saturated carbocycles. The lowest BCUT2D eigenvalue weighted by molar-refractivity contribution is -0.154. The molecule has 0 radical (unpaired) electrons. The van der Waals surface area contributed by atoms with Crippen LogP contribution in [0.4, 0.5) is 25.1 Å². The summed E-state index contributed by atoms with van der Waals surface area (Å²) in [5.74, 6) is 1.88. The van der Waals surface area contributed by atoms with Gasteiger partial charge in [0.15, 0.2) is 6.61 Å². The number of rotatable bonds is 6. The predicted molar refractivity (Wildman–Crippen MR) is 83.6 cm³/mol. The van der Waals surface area contributed by atoms with Crippen LogP contribution in [-0.2, 0) is 6.54 Å². The van der Waals surface area contributed by atoms with Gasteiger partial charge in [-0.25, -0.2) is 0 Å². The Labute approximate surface area is 142 Å². The number of aromatic nitrogens is 3. The van der Waals surface area contributed by atoms with E-state index in [1.54, 1.807) is 6.07 Å². The van der Waals surface area contributed by atoms with Gasteiger partial charge in [-0.3, -0.25) is 0 Å². The summed E-state index contributed by atoms with van der Waals surface area (Å²) in [5, 5.41) is 2.93. The SMILES string of the molecule is Cc1ccc(CNc2nc(OCC(F)(F)F)nc(N3CCCC3)n2)o1. The van der Waals surface area contributed by atoms with Gasteiger partial charge < -0.3 is 19.4 Å². The molecule has 0 aliphatic carbocycles. The smallest absolute Gasteiger partial charge is 0.422 e. The molecule has 136 valence electrons. The lowest BCUT2D eigenvalue weighted by Gasteiger charge is -2.17. The van der Waals surface area contributed by atoms with Gasteiger partial charge in [0.05, 0.1) is 6.54 Å². The van der Waals surface area contributed by atoms with Crippen molar-refractivity contribution in [3.05, 3.63) is 23.7 Å². The lowest BCUT2D eigenvalue weighted by Crippen LogP contribution is -2.24. The molecule has 0 spiro atoms. The third-order valence-corrected chi connectivity index (χ3v) is 3.57. The molecule has 1 aliphatic heterocycles. The third-order valence-electron chi connectivity index (χ3n) is 3.57. The molecule has 1 fully saturated rings. The van der Waals surface area contributed by atoms with Crippen molar-refractivity contribution in [3.63, 3.8) is 0 Å². The molecule has 25 heavy (non-hydrogen) atoms. The zero-order valence-electron chi connectivity index (χ0n) is 13.6. The van der Waals surface area contributed by atoms with Crippen LogP contribution in [0.5, 0.6) is 6.01 Å². The molecule has 2 aromatic heterocycles. The van der Waals surface area contributed by atoms with Gasteiger partial charge in [-0.1, -0.05) is 0 Å². The molecule has 0 atom stereocenters. The van der Waals surface area contributed by atoms with Crippen LogP contribution < -0.4 is 15.0 Å². The minimum absolute atomic E-state index is 0.142. The van der Waals surface area contributed by atoms with E-state index in [-0.39, 0.29) is 12.0 Å². The fraction of sp³-hybridized carbons (Fsp3) is 0.533. The number of nitrogens with zero attached hydrogens (tertiary/aromatic N) is 4. The summed E-state index contributed by atoms with van der Waals surface area (Å²) in [5.41, 5.74) is 0. The van der Waals surface area contributed by atoms with E-state index >= 15 is 0 Å². The Balaban J connectivity index is 1.75. The monoisotopic (exact) mass is 357 g/mol. The largest absolute Gasteiger partial charge is 0.465 e. The predicted octanol–water partition coefficient (Wildman–Crippen LogP) is 2.93. The molecule has 0 unspecified atom stereocenters. The van der Waals surface area contributed by atoms with Gasteiger partial charge in [0.1, 0.15) is 11.5 Å². The van der Waals surface area contributed by atoms with Crippen molar-refractivity contribution < 1.29 is 22.3 Å². The zero-order valence-corrected chi connectivity index (χ0v) is 13.6. The normalized spacial score (nSPS) is 14.8. The van der Waals surface area contributed by atoms with Crippen molar-refractivity contribution in [2.75, 3.05) is 29.9 Å². The number of ether oxygens (including phenoxy) is 1. The van der Waals surface area contributed by atoms with Crippen molar-refractivity contribution in [3.8, 4) is 6.01 Å². The molecule has 0 bridgehead atoms. The summed E-state index contributed by atoms with van der Waals surface area (Å²) in [4.78, 5) is 14.1. The number of furan rings is 1. The molecule has 0 aromatic carbocycles. The van der Waals surface area contributed by atoms with Crippen LogP contribution in [0.3, 0.4) is 0 Å². The first kappa shape index (κ1) is 17.3. The van der Waals surface area contributed by atoms with E-state index in [1.807, 2.05) is 17.9 Å². The van der Waals surface area contributed by atoms with Crippen LogP contribution in [0.25, 0.3) is 0 Å². The number of anilines is 2. The van der Waals surface area contributed by atoms with Gasteiger partial charge in [-0.2, -0.15) is 28.1 Å². The maximum absolute atomic E-state index is 12.4. The van der Waals surface area contributed by atoms with Gasteiger partial charge in [0.25, 0.3) is 0 Å². The summed E-state index contributed by atoms with van der Waals surface area (Å²) in [6.07, 6.45) is -2.49. The molecular weight excluding hydrogens is 339 g/mol. The standard InChI is InChI=1S/C15H18F3N5O2/c1-10-4-5-11(25-10)8-19-12-20-13(23-6-2-3-7-23)22-14(21-12)24-9-15(16,17)18/h4-5H,2-3,6-9H2,1H3,(H,19,20,21,22). The van der Waals surface area contributed by atoms with Crippen LogP contribution in [-0.4, -0.2) is 40.8 Å². The fourth-order valence-electron chi connectivity index (χ4n) is 2.44. The first-order chi connectivity index (χ1) is 11.9. The quantitative estimate of drug-likeness (QED) is 0.852. The Morgan fingerprint density at radius 3 is 2.60 bits per heavy atom. The van der Waals surface area contributed by atoms with Crippen LogP contribution in [0.1, 0.15) is 24.4 Å². The Kier molecular flexibility index (Phi) is 4.95. The highest BCUT2D eigenvalue weighted by molar-refractivity contribution is 5.39. The topological polar surface area (TPSA) is 76.3 Å². The number of alkyl halides is 3. The summed E-state index contributed by atoms with van der Waals surface area (Å²) in [7, 11) is 0. The average Bonchev–Trinajstić information content (AvgIpc) is 3.22. The molecular formula is C15H18F3N5O2. The molecule has 2 aromatic rings. The summed E-state index contributed by atoms with van der Waals surface area (Å²) >= 11 is 0. The Morgan fingerprint density at radius 1 is 1.20 bits per heavy atom. The molecule has 3 heterocycles. The maximum atomic E-state index is 12.4. The van der Waals surface area contributed by atoms with Gasteiger partial charge in [-0.05, 0) is 31.9 Å². The van der Waals surface area contributed by atoms with Crippen molar-refractivity contribution >= 4 is 11.9 Å². The molecule has 3 rings (SSSR count). The van der Waals surface area contributed by atoms with E-state index in [2.05, 4.69) is 20.3 Å². The molecule has 1 aliphatic rings. The lowest BCUT2D eigenvalue weighted by atomic mass is 10.4. The number of aryl methyl sites for hydroxylation is 1. The average molecular weight is 357 g/mol. The van der Waals surface area contributed by atoms with Crippen molar-refractivity contribution in [1.82, 2.24) is 15.0 Å². The van der Waals surface area contributed by atoms with Crippen LogP contribution in [0, 0.1) is 6.92 Å². The summed E-state index contributed by atoms with van der Waals surface area (Å²) < 4.78 is 47.3. The van der Waals surface area contributed by atoms with E-state index in [1.165, 1.54) is 0 Å². The highest BCUT2D eigenvalue weighted by Crippen LogP contribution is 2.22.